The molecule has 0 bridgehead atoms. The average molecular weight is 208 g/mol. The molecule has 1 aliphatic heterocycles. The Morgan fingerprint density at radius 1 is 1.31 bits per heavy atom. The summed E-state index contributed by atoms with van der Waals surface area (Å²) in [6, 6.07) is 0. The van der Waals surface area contributed by atoms with Crippen LogP contribution in [0.2, 0.25) is 0 Å². The number of hydrogen-bond acceptors (Lipinski definition) is 4. The van der Waals surface area contributed by atoms with Crippen LogP contribution in [0.5, 0.6) is 0 Å². The van der Waals surface area contributed by atoms with E-state index in [4.69, 9.17) is 4.55 Å². The molecule has 1 aliphatic rings. The minimum absolute atomic E-state index is 0.128. The second-order valence-electron chi connectivity index (χ2n) is 3.23. The second kappa shape index (κ2) is 4.90. The monoisotopic (exact) mass is 208 g/mol. The minimum Gasteiger partial charge on any atom is -0.314 e. The van der Waals surface area contributed by atoms with Gasteiger partial charge in [0.2, 0.25) is 0 Å². The predicted octanol–water partition coefficient (Wildman–Crippen LogP) is -0.830. The Morgan fingerprint density at radius 2 is 1.92 bits per heavy atom. The standard InChI is InChI=1S/C7H16N2O3S/c10-13(11,12)7-1-4-9-5-2-8-3-6-9/h8H,1-7H2,(H,10,11,12). The van der Waals surface area contributed by atoms with E-state index in [-0.39, 0.29) is 5.75 Å². The molecule has 0 atom stereocenters. The Kier molecular flexibility index (Phi) is 4.11. The lowest BCUT2D eigenvalue weighted by Gasteiger charge is -2.26. The fourth-order valence-corrected chi connectivity index (χ4v) is 1.90. The van der Waals surface area contributed by atoms with Crippen molar-refractivity contribution in [2.24, 2.45) is 0 Å². The van der Waals surface area contributed by atoms with Gasteiger partial charge in [-0.1, -0.05) is 0 Å². The van der Waals surface area contributed by atoms with Crippen LogP contribution in [-0.2, 0) is 10.1 Å². The predicted molar refractivity (Wildman–Crippen MR) is 50.3 cm³/mol. The van der Waals surface area contributed by atoms with E-state index >= 15 is 0 Å². The van der Waals surface area contributed by atoms with Gasteiger partial charge in [0, 0.05) is 26.2 Å². The van der Waals surface area contributed by atoms with Crippen LogP contribution < -0.4 is 5.32 Å². The Balaban J connectivity index is 2.11. The highest BCUT2D eigenvalue weighted by Crippen LogP contribution is 1.96. The van der Waals surface area contributed by atoms with Crippen molar-refractivity contribution in [3.63, 3.8) is 0 Å². The highest BCUT2D eigenvalue weighted by Gasteiger charge is 2.10. The van der Waals surface area contributed by atoms with E-state index in [1.165, 1.54) is 0 Å². The molecule has 2 N–H and O–H groups in total. The van der Waals surface area contributed by atoms with Crippen LogP contribution in [0.1, 0.15) is 6.42 Å². The first-order valence-electron chi connectivity index (χ1n) is 4.46. The summed E-state index contributed by atoms with van der Waals surface area (Å²) in [6.45, 7) is 4.61. The molecule has 0 saturated carbocycles. The largest absolute Gasteiger partial charge is 0.314 e. The van der Waals surface area contributed by atoms with Crippen molar-refractivity contribution in [1.82, 2.24) is 10.2 Å². The molecule has 6 heteroatoms. The zero-order valence-corrected chi connectivity index (χ0v) is 8.39. The molecule has 0 unspecified atom stereocenters. The van der Waals surface area contributed by atoms with Gasteiger partial charge in [0.1, 0.15) is 0 Å². The summed E-state index contributed by atoms with van der Waals surface area (Å²) in [5.41, 5.74) is 0. The Morgan fingerprint density at radius 3 is 2.46 bits per heavy atom. The van der Waals surface area contributed by atoms with Crippen molar-refractivity contribution in [3.8, 4) is 0 Å². The summed E-state index contributed by atoms with van der Waals surface area (Å²) in [5.74, 6) is -0.128. The summed E-state index contributed by atoms with van der Waals surface area (Å²) >= 11 is 0. The van der Waals surface area contributed by atoms with Gasteiger partial charge in [0.05, 0.1) is 5.75 Å². The van der Waals surface area contributed by atoms with Crippen LogP contribution in [0.4, 0.5) is 0 Å². The maximum Gasteiger partial charge on any atom is 0.264 e. The lowest BCUT2D eigenvalue weighted by atomic mass is 10.3. The number of rotatable bonds is 4. The number of piperazine rings is 1. The Bertz CT molecular complexity index is 234. The zero-order valence-electron chi connectivity index (χ0n) is 7.57. The maximum absolute atomic E-state index is 10.4. The van der Waals surface area contributed by atoms with E-state index in [9.17, 15) is 8.42 Å². The highest BCUT2D eigenvalue weighted by atomic mass is 32.2. The third-order valence-corrected chi connectivity index (χ3v) is 2.89. The van der Waals surface area contributed by atoms with Crippen molar-refractivity contribution >= 4 is 10.1 Å². The average Bonchev–Trinajstić information content (AvgIpc) is 2.04. The van der Waals surface area contributed by atoms with Gasteiger partial charge >= 0.3 is 0 Å². The molecule has 1 fully saturated rings. The quantitative estimate of drug-likeness (QED) is 0.590. The van der Waals surface area contributed by atoms with Crippen LogP contribution in [-0.4, -0.2) is 56.3 Å². The lowest BCUT2D eigenvalue weighted by Crippen LogP contribution is -2.44. The van der Waals surface area contributed by atoms with Crippen molar-refractivity contribution < 1.29 is 13.0 Å². The molecule has 1 rings (SSSR count). The number of hydrogen-bond donors (Lipinski definition) is 2. The summed E-state index contributed by atoms with van der Waals surface area (Å²) in [6.07, 6.45) is 0.513. The molecular weight excluding hydrogens is 192 g/mol. The molecule has 0 spiro atoms. The third-order valence-electron chi connectivity index (χ3n) is 2.09. The van der Waals surface area contributed by atoms with Crippen LogP contribution in [0, 0.1) is 0 Å². The zero-order chi connectivity index (χ0) is 9.73. The molecule has 0 aromatic heterocycles. The van der Waals surface area contributed by atoms with Crippen LogP contribution in [0.3, 0.4) is 0 Å². The molecule has 1 heterocycles. The molecule has 0 radical (unpaired) electrons. The van der Waals surface area contributed by atoms with E-state index in [0.29, 0.717) is 6.42 Å². The fraction of sp³-hybridized carbons (Fsp3) is 1.00. The van der Waals surface area contributed by atoms with E-state index in [1.54, 1.807) is 0 Å². The first-order valence-corrected chi connectivity index (χ1v) is 6.07. The van der Waals surface area contributed by atoms with Crippen molar-refractivity contribution in [2.75, 3.05) is 38.5 Å². The van der Waals surface area contributed by atoms with Gasteiger partial charge in [0.25, 0.3) is 10.1 Å². The van der Waals surface area contributed by atoms with E-state index < -0.39 is 10.1 Å². The normalized spacial score (nSPS) is 20.4. The van der Waals surface area contributed by atoms with Gasteiger partial charge in [-0.25, -0.2) is 0 Å². The van der Waals surface area contributed by atoms with Gasteiger partial charge in [-0.15, -0.1) is 0 Å². The highest BCUT2D eigenvalue weighted by molar-refractivity contribution is 7.85. The van der Waals surface area contributed by atoms with Gasteiger partial charge in [-0.2, -0.15) is 8.42 Å². The number of nitrogens with zero attached hydrogens (tertiary/aromatic N) is 1. The molecule has 0 aromatic rings. The molecule has 78 valence electrons. The summed E-state index contributed by atoms with van der Waals surface area (Å²) < 4.78 is 29.3. The summed E-state index contributed by atoms with van der Waals surface area (Å²) in [7, 11) is -3.77. The van der Waals surface area contributed by atoms with Crippen molar-refractivity contribution in [3.05, 3.63) is 0 Å². The second-order valence-corrected chi connectivity index (χ2v) is 4.80. The maximum atomic E-state index is 10.4. The van der Waals surface area contributed by atoms with Gasteiger partial charge in [-0.05, 0) is 13.0 Å². The molecule has 1 saturated heterocycles. The molecule has 0 aliphatic carbocycles. The minimum atomic E-state index is -3.77. The number of nitrogens with one attached hydrogen (secondary N) is 1. The smallest absolute Gasteiger partial charge is 0.264 e. The summed E-state index contributed by atoms with van der Waals surface area (Å²) in [4.78, 5) is 2.20. The van der Waals surface area contributed by atoms with E-state index in [2.05, 4.69) is 10.2 Å². The molecular formula is C7H16N2O3S. The topological polar surface area (TPSA) is 69.6 Å². The molecule has 0 aromatic carbocycles. The first kappa shape index (κ1) is 10.9. The molecule has 5 nitrogen and oxygen atoms in total. The molecule has 0 amide bonds. The van der Waals surface area contributed by atoms with Crippen molar-refractivity contribution in [2.45, 2.75) is 6.42 Å². The SMILES string of the molecule is O=S(=O)(O)CCCN1CCNCC1. The lowest BCUT2D eigenvalue weighted by molar-refractivity contribution is 0.241. The van der Waals surface area contributed by atoms with Crippen molar-refractivity contribution in [1.29, 1.82) is 0 Å². The fourth-order valence-electron chi connectivity index (χ4n) is 1.41. The molecule has 13 heavy (non-hydrogen) atoms. The summed E-state index contributed by atoms with van der Waals surface area (Å²) in [5, 5.41) is 3.21. The van der Waals surface area contributed by atoms with Gasteiger partial charge in [0.15, 0.2) is 0 Å². The van der Waals surface area contributed by atoms with E-state index in [1.807, 2.05) is 0 Å². The van der Waals surface area contributed by atoms with Gasteiger partial charge in [-0.3, -0.25) is 4.55 Å². The Labute approximate surface area is 78.9 Å². The first-order chi connectivity index (χ1) is 6.08. The Hall–Kier alpha value is -0.170. The third kappa shape index (κ3) is 5.20. The van der Waals surface area contributed by atoms with E-state index in [0.717, 1.165) is 32.7 Å². The van der Waals surface area contributed by atoms with Crippen LogP contribution in [0.15, 0.2) is 0 Å². The van der Waals surface area contributed by atoms with Crippen LogP contribution in [0.25, 0.3) is 0 Å². The van der Waals surface area contributed by atoms with Crippen LogP contribution >= 0.6 is 0 Å². The van der Waals surface area contributed by atoms with Gasteiger partial charge < -0.3 is 10.2 Å².